The predicted molar refractivity (Wildman–Crippen MR) is 66.8 cm³/mol. The van der Waals surface area contributed by atoms with Crippen molar-refractivity contribution in [2.45, 2.75) is 45.3 Å². The Bertz CT molecular complexity index is 252. The van der Waals surface area contributed by atoms with Crippen LogP contribution < -0.4 is 5.32 Å². The topological polar surface area (TPSA) is 41.6 Å². The van der Waals surface area contributed by atoms with Crippen molar-refractivity contribution < 1.29 is 9.53 Å². The average Bonchev–Trinajstić information content (AvgIpc) is 2.55. The monoisotopic (exact) mass is 240 g/mol. The molecular formula is C13H24N2O2. The van der Waals surface area contributed by atoms with Crippen molar-refractivity contribution >= 4 is 5.91 Å². The molecule has 0 spiro atoms. The zero-order valence-electron chi connectivity index (χ0n) is 10.9. The normalized spacial score (nSPS) is 35.4. The van der Waals surface area contributed by atoms with Crippen LogP contribution in [-0.2, 0) is 9.53 Å². The summed E-state index contributed by atoms with van der Waals surface area (Å²) in [6.45, 7) is 7.87. The first kappa shape index (κ1) is 12.8. The highest BCUT2D eigenvalue weighted by Gasteiger charge is 2.32. The van der Waals surface area contributed by atoms with Gasteiger partial charge in [-0.3, -0.25) is 4.79 Å². The summed E-state index contributed by atoms with van der Waals surface area (Å²) in [4.78, 5) is 14.5. The molecule has 1 N–H and O–H groups in total. The highest BCUT2D eigenvalue weighted by Crippen LogP contribution is 2.26. The maximum absolute atomic E-state index is 12.4. The van der Waals surface area contributed by atoms with Crippen molar-refractivity contribution in [3.05, 3.63) is 0 Å². The van der Waals surface area contributed by atoms with Crippen LogP contribution in [0.25, 0.3) is 0 Å². The first-order chi connectivity index (χ1) is 8.16. The van der Waals surface area contributed by atoms with E-state index in [1.165, 1.54) is 0 Å². The molecule has 98 valence electrons. The fourth-order valence-electron chi connectivity index (χ4n) is 2.93. The summed E-state index contributed by atoms with van der Waals surface area (Å²) < 4.78 is 5.70. The molecule has 0 aromatic rings. The van der Waals surface area contributed by atoms with Gasteiger partial charge in [-0.05, 0) is 39.7 Å². The molecule has 4 nitrogen and oxygen atoms in total. The maximum atomic E-state index is 12.4. The molecule has 4 heteroatoms. The molecule has 0 aromatic heterocycles. The molecule has 2 rings (SSSR count). The molecule has 1 amide bonds. The van der Waals surface area contributed by atoms with Gasteiger partial charge in [0.2, 0.25) is 5.91 Å². The number of amides is 1. The molecule has 2 atom stereocenters. The lowest BCUT2D eigenvalue weighted by Crippen LogP contribution is -2.43. The molecule has 0 aromatic carbocycles. The molecular weight excluding hydrogens is 216 g/mol. The van der Waals surface area contributed by atoms with E-state index in [-0.39, 0.29) is 18.1 Å². The van der Waals surface area contributed by atoms with Crippen molar-refractivity contribution in [1.29, 1.82) is 0 Å². The van der Waals surface area contributed by atoms with Gasteiger partial charge in [0.05, 0.1) is 12.2 Å². The first-order valence-corrected chi connectivity index (χ1v) is 6.82. The summed E-state index contributed by atoms with van der Waals surface area (Å²) in [6, 6.07) is 0. The van der Waals surface area contributed by atoms with Crippen LogP contribution in [0.15, 0.2) is 0 Å². The van der Waals surface area contributed by atoms with E-state index in [2.05, 4.69) is 19.2 Å². The zero-order valence-corrected chi connectivity index (χ0v) is 10.9. The van der Waals surface area contributed by atoms with Gasteiger partial charge in [-0.2, -0.15) is 0 Å². The van der Waals surface area contributed by atoms with E-state index in [1.807, 2.05) is 4.90 Å². The Kier molecular flexibility index (Phi) is 4.40. The standard InChI is InChI=1S/C13H24N2O2/c1-10-8-12(9-11(2)17-10)13(16)15-6-3-4-14-5-7-15/h10-12,14H,3-9H2,1-2H3. The molecule has 2 saturated heterocycles. The second-order valence-corrected chi connectivity index (χ2v) is 5.35. The van der Waals surface area contributed by atoms with E-state index in [0.29, 0.717) is 5.91 Å². The van der Waals surface area contributed by atoms with Crippen LogP contribution in [0.1, 0.15) is 33.1 Å². The van der Waals surface area contributed by atoms with Gasteiger partial charge in [-0.25, -0.2) is 0 Å². The molecule has 0 aliphatic carbocycles. The van der Waals surface area contributed by atoms with Crippen molar-refractivity contribution in [1.82, 2.24) is 10.2 Å². The number of nitrogens with one attached hydrogen (secondary N) is 1. The second-order valence-electron chi connectivity index (χ2n) is 5.35. The molecule has 2 aliphatic heterocycles. The van der Waals surface area contributed by atoms with E-state index < -0.39 is 0 Å². The first-order valence-electron chi connectivity index (χ1n) is 6.82. The summed E-state index contributed by atoms with van der Waals surface area (Å²) >= 11 is 0. The Labute approximate surface area is 104 Å². The van der Waals surface area contributed by atoms with Gasteiger partial charge in [-0.15, -0.1) is 0 Å². The van der Waals surface area contributed by atoms with Gasteiger partial charge in [0.1, 0.15) is 0 Å². The summed E-state index contributed by atoms with van der Waals surface area (Å²) in [5.74, 6) is 0.516. The van der Waals surface area contributed by atoms with Gasteiger partial charge in [0.15, 0.2) is 0 Å². The van der Waals surface area contributed by atoms with E-state index in [0.717, 1.165) is 45.4 Å². The minimum absolute atomic E-state index is 0.173. The number of carbonyl (C=O) groups is 1. The van der Waals surface area contributed by atoms with Crippen LogP contribution in [0, 0.1) is 5.92 Å². The zero-order chi connectivity index (χ0) is 12.3. The smallest absolute Gasteiger partial charge is 0.225 e. The average molecular weight is 240 g/mol. The molecule has 2 fully saturated rings. The van der Waals surface area contributed by atoms with Gasteiger partial charge >= 0.3 is 0 Å². The Hall–Kier alpha value is -0.610. The Balaban J connectivity index is 1.93. The fraction of sp³-hybridized carbons (Fsp3) is 0.923. The number of hydrogen-bond acceptors (Lipinski definition) is 3. The summed E-state index contributed by atoms with van der Waals surface area (Å²) in [5, 5.41) is 3.33. The van der Waals surface area contributed by atoms with Gasteiger partial charge in [0.25, 0.3) is 0 Å². The van der Waals surface area contributed by atoms with Gasteiger partial charge in [0, 0.05) is 25.6 Å². The molecule has 2 heterocycles. The highest BCUT2D eigenvalue weighted by atomic mass is 16.5. The van der Waals surface area contributed by atoms with Crippen LogP contribution in [0.4, 0.5) is 0 Å². The minimum atomic E-state index is 0.173. The summed E-state index contributed by atoms with van der Waals surface area (Å²) in [7, 11) is 0. The van der Waals surface area contributed by atoms with E-state index in [1.54, 1.807) is 0 Å². The fourth-order valence-corrected chi connectivity index (χ4v) is 2.93. The number of ether oxygens (including phenoxy) is 1. The number of carbonyl (C=O) groups excluding carboxylic acids is 1. The quantitative estimate of drug-likeness (QED) is 0.744. The van der Waals surface area contributed by atoms with E-state index in [9.17, 15) is 4.79 Å². The third-order valence-corrected chi connectivity index (χ3v) is 3.70. The van der Waals surface area contributed by atoms with Crippen LogP contribution in [0.5, 0.6) is 0 Å². The van der Waals surface area contributed by atoms with Crippen LogP contribution in [0.2, 0.25) is 0 Å². The Morgan fingerprint density at radius 2 is 1.88 bits per heavy atom. The molecule has 0 saturated carbocycles. The lowest BCUT2D eigenvalue weighted by molar-refractivity contribution is -0.143. The molecule has 2 unspecified atom stereocenters. The number of hydrogen-bond donors (Lipinski definition) is 1. The second kappa shape index (κ2) is 5.83. The van der Waals surface area contributed by atoms with E-state index >= 15 is 0 Å². The summed E-state index contributed by atoms with van der Waals surface area (Å²) in [5.41, 5.74) is 0. The van der Waals surface area contributed by atoms with E-state index in [4.69, 9.17) is 4.74 Å². The number of rotatable bonds is 1. The molecule has 0 bridgehead atoms. The Morgan fingerprint density at radius 3 is 2.59 bits per heavy atom. The third-order valence-electron chi connectivity index (χ3n) is 3.70. The minimum Gasteiger partial charge on any atom is -0.376 e. The SMILES string of the molecule is CC1CC(C(=O)N2CCCNCC2)CC(C)O1. The number of nitrogens with zero attached hydrogens (tertiary/aromatic N) is 1. The Morgan fingerprint density at radius 1 is 1.18 bits per heavy atom. The predicted octanol–water partition coefficient (Wildman–Crippen LogP) is 1.01. The van der Waals surface area contributed by atoms with Gasteiger partial charge < -0.3 is 15.0 Å². The molecule has 0 radical (unpaired) electrons. The lowest BCUT2D eigenvalue weighted by Gasteiger charge is -2.34. The van der Waals surface area contributed by atoms with Crippen molar-refractivity contribution in [2.24, 2.45) is 5.92 Å². The van der Waals surface area contributed by atoms with Gasteiger partial charge in [-0.1, -0.05) is 0 Å². The molecule has 17 heavy (non-hydrogen) atoms. The van der Waals surface area contributed by atoms with Crippen molar-refractivity contribution in [2.75, 3.05) is 26.2 Å². The largest absolute Gasteiger partial charge is 0.376 e. The van der Waals surface area contributed by atoms with Crippen LogP contribution >= 0.6 is 0 Å². The highest BCUT2D eigenvalue weighted by molar-refractivity contribution is 5.79. The lowest BCUT2D eigenvalue weighted by atomic mass is 9.91. The third kappa shape index (κ3) is 3.42. The van der Waals surface area contributed by atoms with Crippen LogP contribution in [0.3, 0.4) is 0 Å². The molecule has 2 aliphatic rings. The van der Waals surface area contributed by atoms with Crippen molar-refractivity contribution in [3.8, 4) is 0 Å². The summed E-state index contributed by atoms with van der Waals surface area (Å²) in [6.07, 6.45) is 3.27. The maximum Gasteiger partial charge on any atom is 0.225 e. The van der Waals surface area contributed by atoms with Crippen LogP contribution in [-0.4, -0.2) is 49.2 Å². The van der Waals surface area contributed by atoms with Crippen molar-refractivity contribution in [3.63, 3.8) is 0 Å².